The predicted octanol–water partition coefficient (Wildman–Crippen LogP) is 1.63. The number of benzene rings is 1. The molecule has 1 aromatic carbocycles. The van der Waals surface area contributed by atoms with Crippen LogP contribution in [0.2, 0.25) is 0 Å². The van der Waals surface area contributed by atoms with Crippen molar-refractivity contribution in [3.63, 3.8) is 0 Å². The van der Waals surface area contributed by atoms with Crippen LogP contribution in [-0.2, 0) is 0 Å². The Balaban J connectivity index is 2.21. The summed E-state index contributed by atoms with van der Waals surface area (Å²) in [4.78, 5) is 16.2. The molecule has 0 fully saturated rings. The van der Waals surface area contributed by atoms with Crippen molar-refractivity contribution < 1.29 is 9.90 Å². The van der Waals surface area contributed by atoms with Gasteiger partial charge in [0.2, 0.25) is 0 Å². The average molecular weight is 279 g/mol. The van der Waals surface area contributed by atoms with Crippen LogP contribution in [0.4, 0.5) is 5.13 Å². The first-order valence-corrected chi connectivity index (χ1v) is 6.90. The van der Waals surface area contributed by atoms with E-state index in [2.05, 4.69) is 10.3 Å². The number of aromatic nitrogens is 1. The van der Waals surface area contributed by atoms with Gasteiger partial charge in [-0.1, -0.05) is 25.2 Å². The highest BCUT2D eigenvalue weighted by atomic mass is 32.1. The normalized spacial score (nSPS) is 12.8. The summed E-state index contributed by atoms with van der Waals surface area (Å²) < 4.78 is 0.884. The molecule has 0 aliphatic carbocycles. The fourth-order valence-electron chi connectivity index (χ4n) is 1.76. The fourth-order valence-corrected chi connectivity index (χ4v) is 2.53. The third-order valence-electron chi connectivity index (χ3n) is 2.99. The maximum absolute atomic E-state index is 12.1. The van der Waals surface area contributed by atoms with Crippen LogP contribution in [0.5, 0.6) is 0 Å². The number of nitrogens with two attached hydrogens (primary N) is 1. The van der Waals surface area contributed by atoms with E-state index in [0.717, 1.165) is 10.2 Å². The molecule has 0 bridgehead atoms. The second-order valence-corrected chi connectivity index (χ2v) is 5.80. The third kappa shape index (κ3) is 3.02. The van der Waals surface area contributed by atoms with Crippen LogP contribution in [0.3, 0.4) is 0 Å². The minimum atomic E-state index is -0.241. The van der Waals surface area contributed by atoms with E-state index in [1.807, 2.05) is 13.8 Å². The molecule has 19 heavy (non-hydrogen) atoms. The average Bonchev–Trinajstić information content (AvgIpc) is 2.74. The molecule has 0 saturated heterocycles. The van der Waals surface area contributed by atoms with Crippen LogP contribution >= 0.6 is 11.3 Å². The number of hydrogen-bond acceptors (Lipinski definition) is 5. The van der Waals surface area contributed by atoms with Gasteiger partial charge in [-0.05, 0) is 24.1 Å². The first-order valence-electron chi connectivity index (χ1n) is 6.09. The van der Waals surface area contributed by atoms with Gasteiger partial charge in [0.1, 0.15) is 0 Å². The fraction of sp³-hybridized carbons (Fsp3) is 0.385. The highest BCUT2D eigenvalue weighted by Crippen LogP contribution is 2.24. The lowest BCUT2D eigenvalue weighted by molar-refractivity contribution is 0.0897. The minimum absolute atomic E-state index is 0.0703. The molecule has 1 unspecified atom stereocenters. The number of carbonyl (C=O) groups is 1. The van der Waals surface area contributed by atoms with Gasteiger partial charge in [0.15, 0.2) is 5.13 Å². The molecular formula is C13H17N3O2S. The van der Waals surface area contributed by atoms with Gasteiger partial charge in [-0.2, -0.15) is 0 Å². The zero-order valence-electron chi connectivity index (χ0n) is 10.9. The summed E-state index contributed by atoms with van der Waals surface area (Å²) in [6.07, 6.45) is 0. The maximum Gasteiger partial charge on any atom is 0.251 e. The second kappa shape index (κ2) is 5.54. The quantitative estimate of drug-likeness (QED) is 0.793. The summed E-state index contributed by atoms with van der Waals surface area (Å²) in [6, 6.07) is 5.02. The van der Waals surface area contributed by atoms with Crippen LogP contribution in [0.15, 0.2) is 18.2 Å². The number of thiazole rings is 1. The van der Waals surface area contributed by atoms with Crippen molar-refractivity contribution in [2.75, 3.05) is 12.3 Å². The Kier molecular flexibility index (Phi) is 4.01. The number of anilines is 1. The molecule has 1 amide bonds. The van der Waals surface area contributed by atoms with Gasteiger partial charge in [-0.25, -0.2) is 4.98 Å². The Morgan fingerprint density at radius 1 is 1.53 bits per heavy atom. The lowest BCUT2D eigenvalue weighted by Gasteiger charge is -2.19. The number of nitrogens with one attached hydrogen (secondary N) is 1. The first-order chi connectivity index (χ1) is 9.01. The number of nitrogen functional groups attached to an aromatic ring is 1. The molecule has 0 aliphatic heterocycles. The molecule has 0 radical (unpaired) electrons. The Morgan fingerprint density at radius 2 is 2.26 bits per heavy atom. The molecule has 1 aromatic heterocycles. The number of fused-ring (bicyclic) bond motifs is 1. The van der Waals surface area contributed by atoms with E-state index in [4.69, 9.17) is 5.73 Å². The van der Waals surface area contributed by atoms with Gasteiger partial charge in [0.05, 0.1) is 22.9 Å². The highest BCUT2D eigenvalue weighted by molar-refractivity contribution is 7.22. The van der Waals surface area contributed by atoms with Crippen molar-refractivity contribution in [2.24, 2.45) is 5.92 Å². The van der Waals surface area contributed by atoms with Crippen LogP contribution in [0.25, 0.3) is 10.2 Å². The Bertz CT molecular complexity index is 595. The van der Waals surface area contributed by atoms with Gasteiger partial charge >= 0.3 is 0 Å². The monoisotopic (exact) mass is 279 g/mol. The van der Waals surface area contributed by atoms with Crippen molar-refractivity contribution in [1.82, 2.24) is 10.3 Å². The van der Waals surface area contributed by atoms with E-state index in [1.54, 1.807) is 18.2 Å². The van der Waals surface area contributed by atoms with Crippen molar-refractivity contribution >= 4 is 32.6 Å². The number of carbonyl (C=O) groups excluding carboxylic acids is 1. The van der Waals surface area contributed by atoms with E-state index >= 15 is 0 Å². The molecule has 2 rings (SSSR count). The van der Waals surface area contributed by atoms with Gasteiger partial charge in [0.25, 0.3) is 5.91 Å². The summed E-state index contributed by atoms with van der Waals surface area (Å²) in [7, 11) is 0. The summed E-state index contributed by atoms with van der Waals surface area (Å²) in [5, 5.41) is 12.5. The SMILES string of the molecule is CC(C)C(CO)NC(=O)c1ccc2nc(N)sc2c1. The van der Waals surface area contributed by atoms with Crippen molar-refractivity contribution in [3.05, 3.63) is 23.8 Å². The predicted molar refractivity (Wildman–Crippen MR) is 77.2 cm³/mol. The lowest BCUT2D eigenvalue weighted by atomic mass is 10.0. The smallest absolute Gasteiger partial charge is 0.251 e. The van der Waals surface area contributed by atoms with Crippen LogP contribution < -0.4 is 11.1 Å². The number of nitrogens with zero attached hydrogens (tertiary/aromatic N) is 1. The summed E-state index contributed by atoms with van der Waals surface area (Å²) in [5.74, 6) is -0.0154. The number of aliphatic hydroxyl groups excluding tert-OH is 1. The van der Waals surface area contributed by atoms with E-state index in [-0.39, 0.29) is 24.5 Å². The van der Waals surface area contributed by atoms with Gasteiger partial charge in [-0.3, -0.25) is 4.79 Å². The molecule has 0 aliphatic rings. The number of hydrogen-bond donors (Lipinski definition) is 3. The Hall–Kier alpha value is -1.66. The summed E-state index contributed by atoms with van der Waals surface area (Å²) in [6.45, 7) is 3.83. The van der Waals surface area contributed by atoms with E-state index in [0.29, 0.717) is 10.7 Å². The summed E-state index contributed by atoms with van der Waals surface area (Å²) >= 11 is 1.35. The molecule has 5 nitrogen and oxygen atoms in total. The molecular weight excluding hydrogens is 262 g/mol. The second-order valence-electron chi connectivity index (χ2n) is 4.74. The van der Waals surface area contributed by atoms with E-state index in [1.165, 1.54) is 11.3 Å². The Labute approximate surface area is 115 Å². The molecule has 1 heterocycles. The molecule has 4 N–H and O–H groups in total. The minimum Gasteiger partial charge on any atom is -0.394 e. The van der Waals surface area contributed by atoms with Crippen molar-refractivity contribution in [1.29, 1.82) is 0 Å². The van der Waals surface area contributed by atoms with Gasteiger partial charge < -0.3 is 16.2 Å². The van der Waals surface area contributed by atoms with E-state index < -0.39 is 0 Å². The van der Waals surface area contributed by atoms with Gasteiger partial charge in [0, 0.05) is 5.56 Å². The molecule has 6 heteroatoms. The zero-order chi connectivity index (χ0) is 14.0. The molecule has 0 spiro atoms. The van der Waals surface area contributed by atoms with E-state index in [9.17, 15) is 9.90 Å². The zero-order valence-corrected chi connectivity index (χ0v) is 11.7. The number of rotatable bonds is 4. The standard InChI is InChI=1S/C13H17N3O2S/c1-7(2)10(6-17)15-12(18)8-3-4-9-11(5-8)19-13(14)16-9/h3-5,7,10,17H,6H2,1-2H3,(H2,14,16)(H,15,18). The maximum atomic E-state index is 12.1. The summed E-state index contributed by atoms with van der Waals surface area (Å²) in [5.41, 5.74) is 6.98. The van der Waals surface area contributed by atoms with Crippen LogP contribution in [0.1, 0.15) is 24.2 Å². The molecule has 0 saturated carbocycles. The van der Waals surface area contributed by atoms with Crippen LogP contribution in [0, 0.1) is 5.92 Å². The first kappa shape index (κ1) is 13.8. The lowest BCUT2D eigenvalue weighted by Crippen LogP contribution is -2.41. The largest absolute Gasteiger partial charge is 0.394 e. The molecule has 102 valence electrons. The molecule has 1 atom stereocenters. The van der Waals surface area contributed by atoms with Crippen LogP contribution in [-0.4, -0.2) is 28.6 Å². The topological polar surface area (TPSA) is 88.2 Å². The Morgan fingerprint density at radius 3 is 2.89 bits per heavy atom. The third-order valence-corrected chi connectivity index (χ3v) is 3.83. The number of amides is 1. The molecule has 2 aromatic rings. The van der Waals surface area contributed by atoms with Crippen molar-refractivity contribution in [3.8, 4) is 0 Å². The highest BCUT2D eigenvalue weighted by Gasteiger charge is 2.16. The van der Waals surface area contributed by atoms with Gasteiger partial charge in [-0.15, -0.1) is 0 Å². The number of aliphatic hydroxyl groups is 1. The van der Waals surface area contributed by atoms with Crippen molar-refractivity contribution in [2.45, 2.75) is 19.9 Å².